The first-order valence-electron chi connectivity index (χ1n) is 4.91. The molecule has 1 rings (SSSR count). The van der Waals surface area contributed by atoms with Gasteiger partial charge in [-0.3, -0.25) is 0 Å². The molecule has 0 atom stereocenters. The van der Waals surface area contributed by atoms with Crippen molar-refractivity contribution < 1.29 is 14.2 Å². The lowest BCUT2D eigenvalue weighted by Gasteiger charge is -2.14. The minimum atomic E-state index is 0.649. The Morgan fingerprint density at radius 1 is 1.00 bits per heavy atom. The van der Waals surface area contributed by atoms with Crippen molar-refractivity contribution >= 4 is 18.3 Å². The first kappa shape index (κ1) is 12.8. The number of ether oxygens (including phenoxy) is 3. The fourth-order valence-electron chi connectivity index (χ4n) is 1.36. The molecular formula is C11H17NO3S. The summed E-state index contributed by atoms with van der Waals surface area (Å²) < 4.78 is 15.7. The third kappa shape index (κ3) is 2.88. The third-order valence-electron chi connectivity index (χ3n) is 2.13. The van der Waals surface area contributed by atoms with E-state index in [2.05, 4.69) is 17.9 Å². The lowest BCUT2D eigenvalue weighted by atomic mass is 10.2. The summed E-state index contributed by atoms with van der Waals surface area (Å²) in [5, 5.41) is 3.20. The van der Waals surface area contributed by atoms with Crippen LogP contribution in [-0.4, -0.2) is 33.6 Å². The summed E-state index contributed by atoms with van der Waals surface area (Å²) in [6.07, 6.45) is 0. The summed E-state index contributed by atoms with van der Waals surface area (Å²) in [6.45, 7) is 0.759. The second-order valence-corrected chi connectivity index (χ2v) is 3.51. The summed E-state index contributed by atoms with van der Waals surface area (Å²) in [4.78, 5) is 0. The Bertz CT molecular complexity index is 344. The van der Waals surface area contributed by atoms with Crippen molar-refractivity contribution in [1.82, 2.24) is 0 Å². The van der Waals surface area contributed by atoms with Crippen molar-refractivity contribution in [3.8, 4) is 17.2 Å². The molecule has 0 aliphatic carbocycles. The maximum absolute atomic E-state index is 5.26. The molecule has 0 spiro atoms. The molecule has 0 saturated heterocycles. The van der Waals surface area contributed by atoms with Crippen molar-refractivity contribution in [1.29, 1.82) is 0 Å². The third-order valence-corrected chi connectivity index (χ3v) is 2.36. The summed E-state index contributed by atoms with van der Waals surface area (Å²) in [5.41, 5.74) is 0.870. The second kappa shape index (κ2) is 6.37. The van der Waals surface area contributed by atoms with Crippen LogP contribution in [0.15, 0.2) is 12.1 Å². The highest BCUT2D eigenvalue weighted by atomic mass is 32.1. The highest BCUT2D eigenvalue weighted by molar-refractivity contribution is 7.80. The molecule has 90 valence electrons. The molecule has 16 heavy (non-hydrogen) atoms. The monoisotopic (exact) mass is 243 g/mol. The molecule has 0 unspecified atom stereocenters. The van der Waals surface area contributed by atoms with Crippen molar-refractivity contribution in [2.24, 2.45) is 0 Å². The topological polar surface area (TPSA) is 39.7 Å². The zero-order valence-electron chi connectivity index (χ0n) is 9.74. The molecule has 0 aliphatic rings. The number of rotatable bonds is 6. The molecule has 0 aliphatic heterocycles. The molecule has 0 saturated carbocycles. The van der Waals surface area contributed by atoms with E-state index in [1.54, 1.807) is 27.4 Å². The Hall–Kier alpha value is -1.23. The highest BCUT2D eigenvalue weighted by Crippen LogP contribution is 2.37. The van der Waals surface area contributed by atoms with Gasteiger partial charge in [-0.15, -0.1) is 0 Å². The van der Waals surface area contributed by atoms with Crippen LogP contribution in [0.5, 0.6) is 17.2 Å². The molecule has 1 N–H and O–H groups in total. The average molecular weight is 243 g/mol. The Balaban J connectivity index is 3.05. The van der Waals surface area contributed by atoms with E-state index in [0.29, 0.717) is 11.5 Å². The minimum absolute atomic E-state index is 0.649. The second-order valence-electron chi connectivity index (χ2n) is 3.06. The predicted molar refractivity (Wildman–Crippen MR) is 68.4 cm³/mol. The van der Waals surface area contributed by atoms with Gasteiger partial charge in [0.1, 0.15) is 5.75 Å². The largest absolute Gasteiger partial charge is 0.494 e. The van der Waals surface area contributed by atoms with E-state index in [1.165, 1.54) is 0 Å². The molecule has 0 aromatic heterocycles. The predicted octanol–water partition coefficient (Wildman–Crippen LogP) is 2.05. The molecule has 0 amide bonds. The molecule has 0 radical (unpaired) electrons. The number of anilines is 1. The average Bonchev–Trinajstić information content (AvgIpc) is 2.35. The van der Waals surface area contributed by atoms with E-state index in [0.717, 1.165) is 23.7 Å². The number of nitrogens with one attached hydrogen (secondary N) is 1. The van der Waals surface area contributed by atoms with Crippen LogP contribution in [0.1, 0.15) is 0 Å². The lowest BCUT2D eigenvalue weighted by Crippen LogP contribution is -2.05. The number of hydrogen-bond acceptors (Lipinski definition) is 5. The van der Waals surface area contributed by atoms with Crippen LogP contribution in [0.25, 0.3) is 0 Å². The Labute approximate surface area is 101 Å². The van der Waals surface area contributed by atoms with Crippen molar-refractivity contribution in [3.05, 3.63) is 12.1 Å². The lowest BCUT2D eigenvalue weighted by molar-refractivity contribution is 0.349. The zero-order valence-corrected chi connectivity index (χ0v) is 10.6. The number of hydrogen-bond donors (Lipinski definition) is 2. The maximum Gasteiger partial charge on any atom is 0.164 e. The zero-order chi connectivity index (χ0) is 12.0. The highest BCUT2D eigenvalue weighted by Gasteiger charge is 2.10. The Morgan fingerprint density at radius 3 is 2.06 bits per heavy atom. The van der Waals surface area contributed by atoms with Gasteiger partial charge < -0.3 is 19.5 Å². The number of benzene rings is 1. The Kier molecular flexibility index (Phi) is 5.11. The van der Waals surface area contributed by atoms with Crippen molar-refractivity contribution in [2.75, 3.05) is 38.9 Å². The summed E-state index contributed by atoms with van der Waals surface area (Å²) >= 11 is 4.14. The first-order valence-corrected chi connectivity index (χ1v) is 5.54. The van der Waals surface area contributed by atoms with Crippen LogP contribution in [-0.2, 0) is 0 Å². The van der Waals surface area contributed by atoms with E-state index in [-0.39, 0.29) is 0 Å². The van der Waals surface area contributed by atoms with Gasteiger partial charge in [-0.2, -0.15) is 12.6 Å². The molecule has 5 heteroatoms. The first-order chi connectivity index (χ1) is 7.76. The van der Waals surface area contributed by atoms with Gasteiger partial charge in [0, 0.05) is 24.4 Å². The summed E-state index contributed by atoms with van der Waals surface area (Å²) in [7, 11) is 4.82. The van der Waals surface area contributed by atoms with E-state index < -0.39 is 0 Å². The van der Waals surface area contributed by atoms with Gasteiger partial charge in [0.05, 0.1) is 27.0 Å². The molecule has 1 aromatic rings. The van der Waals surface area contributed by atoms with Gasteiger partial charge in [-0.1, -0.05) is 0 Å². The summed E-state index contributed by atoms with van der Waals surface area (Å²) in [5.74, 6) is 2.79. The maximum atomic E-state index is 5.26. The molecule has 0 fully saturated rings. The number of methoxy groups -OCH3 is 3. The molecule has 0 bridgehead atoms. The van der Waals surface area contributed by atoms with Gasteiger partial charge in [0.25, 0.3) is 0 Å². The van der Waals surface area contributed by atoms with Crippen LogP contribution < -0.4 is 19.5 Å². The Morgan fingerprint density at radius 2 is 1.56 bits per heavy atom. The van der Waals surface area contributed by atoms with E-state index in [4.69, 9.17) is 14.2 Å². The van der Waals surface area contributed by atoms with Crippen LogP contribution in [0, 0.1) is 0 Å². The quantitative estimate of drug-likeness (QED) is 0.750. The van der Waals surface area contributed by atoms with Gasteiger partial charge in [-0.05, 0) is 0 Å². The van der Waals surface area contributed by atoms with Crippen LogP contribution in [0.3, 0.4) is 0 Å². The van der Waals surface area contributed by atoms with Gasteiger partial charge in [0.2, 0.25) is 0 Å². The minimum Gasteiger partial charge on any atom is -0.494 e. The van der Waals surface area contributed by atoms with Crippen molar-refractivity contribution in [3.63, 3.8) is 0 Å². The standard InChI is InChI=1S/C11H17NO3S/c1-13-9-7-11(15-3)10(14-2)6-8(9)12-4-5-16/h6-7,12,16H,4-5H2,1-3H3. The van der Waals surface area contributed by atoms with Crippen LogP contribution in [0.2, 0.25) is 0 Å². The van der Waals surface area contributed by atoms with Crippen LogP contribution in [0.4, 0.5) is 5.69 Å². The fourth-order valence-corrected chi connectivity index (χ4v) is 1.47. The van der Waals surface area contributed by atoms with Crippen LogP contribution >= 0.6 is 12.6 Å². The van der Waals surface area contributed by atoms with Gasteiger partial charge >= 0.3 is 0 Å². The SMILES string of the molecule is COc1cc(OC)c(OC)cc1NCCS. The van der Waals surface area contributed by atoms with E-state index in [9.17, 15) is 0 Å². The van der Waals surface area contributed by atoms with Gasteiger partial charge in [-0.25, -0.2) is 0 Å². The van der Waals surface area contributed by atoms with Gasteiger partial charge in [0.15, 0.2) is 11.5 Å². The smallest absolute Gasteiger partial charge is 0.164 e. The van der Waals surface area contributed by atoms with E-state index in [1.807, 2.05) is 6.07 Å². The normalized spacial score (nSPS) is 9.75. The molecule has 4 nitrogen and oxygen atoms in total. The van der Waals surface area contributed by atoms with Crippen molar-refractivity contribution in [2.45, 2.75) is 0 Å². The molecular weight excluding hydrogens is 226 g/mol. The summed E-state index contributed by atoms with van der Waals surface area (Å²) in [6, 6.07) is 3.64. The van der Waals surface area contributed by atoms with E-state index >= 15 is 0 Å². The molecule has 0 heterocycles. The molecule has 1 aromatic carbocycles. The fraction of sp³-hybridized carbons (Fsp3) is 0.455. The number of thiol groups is 1.